The average molecular weight is 753 g/mol. The van der Waals surface area contributed by atoms with Gasteiger partial charge in [-0.1, -0.05) is 12.1 Å². The molecule has 21 heteroatoms. The van der Waals surface area contributed by atoms with Gasteiger partial charge in [-0.25, -0.2) is 4.98 Å². The molecular formula is C29H33F9N4O7S. The van der Waals surface area contributed by atoms with Gasteiger partial charge in [0.15, 0.2) is 6.20 Å². The van der Waals surface area contributed by atoms with E-state index >= 15 is 0 Å². The number of rotatable bonds is 11. The summed E-state index contributed by atoms with van der Waals surface area (Å²) in [6.45, 7) is 2.04. The van der Waals surface area contributed by atoms with E-state index in [0.717, 1.165) is 54.2 Å². The molecule has 0 saturated carbocycles. The van der Waals surface area contributed by atoms with Crippen LogP contribution >= 0.6 is 11.8 Å². The minimum absolute atomic E-state index is 0.155. The molecule has 1 saturated heterocycles. The number of aliphatic carboxylic acids is 2. The number of alkyl halides is 9. The number of pyridine rings is 1. The number of amides is 2. The summed E-state index contributed by atoms with van der Waals surface area (Å²) in [6, 6.07) is 8.94. The number of hydrogen-bond donors (Lipinski definition) is 3. The molecule has 2 aromatic rings. The molecule has 1 aromatic carbocycles. The zero-order valence-corrected chi connectivity index (χ0v) is 27.0. The van der Waals surface area contributed by atoms with E-state index in [1.807, 2.05) is 36.5 Å². The van der Waals surface area contributed by atoms with Gasteiger partial charge < -0.3 is 35.3 Å². The number of halogens is 9. The number of piperidine rings is 1. The van der Waals surface area contributed by atoms with Crippen molar-refractivity contribution in [3.05, 3.63) is 42.1 Å². The molecular weight excluding hydrogens is 719 g/mol. The van der Waals surface area contributed by atoms with E-state index in [4.69, 9.17) is 19.8 Å². The van der Waals surface area contributed by atoms with E-state index < -0.39 is 48.0 Å². The highest BCUT2D eigenvalue weighted by Crippen LogP contribution is 2.20. The van der Waals surface area contributed by atoms with Gasteiger partial charge in [0.1, 0.15) is 18.0 Å². The Balaban J connectivity index is 0.000000748. The molecule has 11 nitrogen and oxygen atoms in total. The van der Waals surface area contributed by atoms with Crippen LogP contribution in [0.25, 0.3) is 10.9 Å². The number of hydrogen-bond acceptors (Lipinski definition) is 8. The number of quaternary nitrogens is 1. The van der Waals surface area contributed by atoms with E-state index in [0.29, 0.717) is 6.42 Å². The second kappa shape index (κ2) is 19.9. The third-order valence-electron chi connectivity index (χ3n) is 6.82. The number of carbonyl (C=O) groups is 5. The molecule has 0 unspecified atom stereocenters. The van der Waals surface area contributed by atoms with Gasteiger partial charge in [-0.2, -0.15) is 51.3 Å². The summed E-state index contributed by atoms with van der Waals surface area (Å²) in [4.78, 5) is 59.0. The third-order valence-corrected chi connectivity index (χ3v) is 7.86. The quantitative estimate of drug-likeness (QED) is 0.211. The number of benzene rings is 1. The molecule has 280 valence electrons. The van der Waals surface area contributed by atoms with Gasteiger partial charge in [0.2, 0.25) is 23.1 Å². The molecule has 1 fully saturated rings. The zero-order chi connectivity index (χ0) is 38.3. The van der Waals surface area contributed by atoms with Crippen molar-refractivity contribution in [3.8, 4) is 0 Å². The van der Waals surface area contributed by atoms with Gasteiger partial charge in [0.05, 0.1) is 25.9 Å². The molecule has 1 atom stereocenters. The minimum atomic E-state index is -5.19. The number of nitrogens with one attached hydrogen (secondary N) is 4. The normalized spacial score (nSPS) is 16.8. The van der Waals surface area contributed by atoms with Gasteiger partial charge in [0, 0.05) is 42.3 Å². The van der Waals surface area contributed by atoms with Crippen molar-refractivity contribution in [1.82, 2.24) is 10.6 Å². The largest absolute Gasteiger partial charge is 0.542 e. The predicted octanol–water partition coefficient (Wildman–Crippen LogP) is -0.0784. The Bertz CT molecular complexity index is 1420. The molecule has 0 radical (unpaired) electrons. The predicted molar refractivity (Wildman–Crippen MR) is 153 cm³/mol. The number of ketones is 1. The number of carboxylic acid groups (broad SMARTS) is 2. The first-order valence-corrected chi connectivity index (χ1v) is 15.7. The van der Waals surface area contributed by atoms with Crippen molar-refractivity contribution >= 4 is 52.2 Å². The first-order valence-electron chi connectivity index (χ1n) is 14.5. The van der Waals surface area contributed by atoms with Crippen molar-refractivity contribution < 1.29 is 83.6 Å². The van der Waals surface area contributed by atoms with E-state index in [1.165, 1.54) is 4.90 Å². The number of Topliss-reactive ketones (excluding diaryl/α,β-unsaturated/α-hetero) is 1. The molecule has 0 aliphatic carbocycles. The van der Waals surface area contributed by atoms with Crippen LogP contribution in [0.5, 0.6) is 0 Å². The average Bonchev–Trinajstić information content (AvgIpc) is 3.02. The van der Waals surface area contributed by atoms with Crippen LogP contribution in [0, 0.1) is 5.92 Å². The highest BCUT2D eigenvalue weighted by molar-refractivity contribution is 7.99. The summed E-state index contributed by atoms with van der Waals surface area (Å²) in [5.74, 6) is -8.82. The standard InChI is InChI=1S/C25H31F3N4O3S.2C2HF3O2/c1-32-10-8-18(9-11-32)23(34)31-21(7-4-12-36-16-22(33)25(26,27)28)24(35)30-15-17-13-19-5-2-3-6-20(19)29-14-17;2*3-2(4,5)1(6)7/h2-3,5-6,13-14,18,21H,4,7-12,15-16H2,1H3,(H,30,35)(H,31,34);2*(H,6,7)/t21-;;/m0../s1. The summed E-state index contributed by atoms with van der Waals surface area (Å²) in [5.41, 5.74) is 1.84. The Morgan fingerprint density at radius 1 is 0.920 bits per heavy atom. The highest BCUT2D eigenvalue weighted by Gasteiger charge is 2.37. The summed E-state index contributed by atoms with van der Waals surface area (Å²) in [6.07, 6.45) is -11.3. The Morgan fingerprint density at radius 3 is 1.98 bits per heavy atom. The van der Waals surface area contributed by atoms with Crippen LogP contribution in [0.4, 0.5) is 39.5 Å². The molecule has 1 aromatic heterocycles. The third kappa shape index (κ3) is 17.0. The first kappa shape index (κ1) is 43.9. The van der Waals surface area contributed by atoms with Crippen LogP contribution in [0.1, 0.15) is 31.2 Å². The second-order valence-electron chi connectivity index (χ2n) is 10.8. The van der Waals surface area contributed by atoms with Gasteiger partial charge in [-0.15, -0.1) is 0 Å². The van der Waals surface area contributed by atoms with E-state index in [9.17, 15) is 53.9 Å². The SMILES string of the molecule is C[NH+]1CCC(C(=O)N[C@@H](CCCSCC(=O)C(F)(F)F)C(=O)NCc2c[nH+]c3ccccc3c2)CC1.O=C([O-])C(F)(F)F.O=C([O-])C(F)(F)F. The molecule has 0 bridgehead atoms. The lowest BCUT2D eigenvalue weighted by Gasteiger charge is -2.27. The lowest BCUT2D eigenvalue weighted by molar-refractivity contribution is -0.885. The van der Waals surface area contributed by atoms with Gasteiger partial charge in [-0.3, -0.25) is 14.4 Å². The van der Waals surface area contributed by atoms with Gasteiger partial charge >= 0.3 is 18.5 Å². The molecule has 3 rings (SSSR count). The summed E-state index contributed by atoms with van der Waals surface area (Å²) < 4.78 is 100. The Labute approximate surface area is 283 Å². The summed E-state index contributed by atoms with van der Waals surface area (Å²) >= 11 is 0.880. The minimum Gasteiger partial charge on any atom is -0.542 e. The summed E-state index contributed by atoms with van der Waals surface area (Å²) in [7, 11) is 2.08. The van der Waals surface area contributed by atoms with Crippen molar-refractivity contribution in [2.45, 2.75) is 56.8 Å². The number of carbonyl (C=O) groups excluding carboxylic acids is 5. The molecule has 1 aliphatic heterocycles. The molecule has 1 aliphatic rings. The van der Waals surface area contributed by atoms with Crippen LogP contribution in [-0.2, 0) is 30.5 Å². The Kier molecular flexibility index (Phi) is 17.5. The number of fused-ring (bicyclic) bond motifs is 1. The Morgan fingerprint density at radius 2 is 1.46 bits per heavy atom. The van der Waals surface area contributed by atoms with E-state index in [1.54, 1.807) is 0 Å². The topological polar surface area (TPSA) is 174 Å². The van der Waals surface area contributed by atoms with E-state index in [-0.39, 0.29) is 36.5 Å². The van der Waals surface area contributed by atoms with Crippen LogP contribution in [-0.4, -0.2) is 85.7 Å². The smallest absolute Gasteiger partial charge is 0.450 e. The van der Waals surface area contributed by atoms with Crippen molar-refractivity contribution in [1.29, 1.82) is 0 Å². The first-order chi connectivity index (χ1) is 23.0. The van der Waals surface area contributed by atoms with Crippen LogP contribution in [0.2, 0.25) is 0 Å². The van der Waals surface area contributed by atoms with Crippen molar-refractivity contribution in [2.24, 2.45) is 5.92 Å². The molecule has 2 amide bonds. The van der Waals surface area contributed by atoms with Crippen molar-refractivity contribution in [2.75, 3.05) is 31.6 Å². The number of likely N-dealkylation sites (tertiary alicyclic amines) is 1. The number of carboxylic acids is 2. The summed E-state index contributed by atoms with van der Waals surface area (Å²) in [5, 5.41) is 24.3. The Hall–Kier alpha value is -4.14. The number of thioether (sulfide) groups is 1. The highest BCUT2D eigenvalue weighted by atomic mass is 32.2. The van der Waals surface area contributed by atoms with E-state index in [2.05, 4.69) is 22.7 Å². The molecule has 50 heavy (non-hydrogen) atoms. The number of H-pyrrole nitrogens is 1. The second-order valence-corrected chi connectivity index (χ2v) is 11.9. The maximum absolute atomic E-state index is 13.0. The maximum Gasteiger partial charge on any atom is 0.450 e. The number of aromatic nitrogens is 1. The van der Waals surface area contributed by atoms with Gasteiger partial charge in [-0.05, 0) is 30.7 Å². The lowest BCUT2D eigenvalue weighted by Crippen LogP contribution is -3.10. The maximum atomic E-state index is 13.0. The lowest BCUT2D eigenvalue weighted by atomic mass is 9.95. The molecule has 0 spiro atoms. The monoisotopic (exact) mass is 752 g/mol. The fourth-order valence-corrected chi connectivity index (χ4v) is 5.01. The zero-order valence-electron chi connectivity index (χ0n) is 26.2. The fraction of sp³-hybridized carbons (Fsp3) is 0.517. The number of para-hydroxylation sites is 1. The van der Waals surface area contributed by atoms with Crippen LogP contribution in [0.3, 0.4) is 0 Å². The van der Waals surface area contributed by atoms with Crippen LogP contribution < -0.4 is 30.7 Å². The van der Waals surface area contributed by atoms with Gasteiger partial charge in [0.25, 0.3) is 0 Å². The fourth-order valence-electron chi connectivity index (χ4n) is 4.15. The molecule has 4 N–H and O–H groups in total. The molecule has 2 heterocycles. The van der Waals surface area contributed by atoms with Crippen molar-refractivity contribution in [3.63, 3.8) is 0 Å². The van der Waals surface area contributed by atoms with Crippen LogP contribution in [0.15, 0.2) is 36.5 Å². The number of aromatic amines is 1.